The van der Waals surface area contributed by atoms with Crippen molar-refractivity contribution >= 4 is 22.9 Å². The number of aliphatic carboxylic acids is 1. The molecule has 1 aliphatic heterocycles. The number of aromatic amines is 1. The van der Waals surface area contributed by atoms with Crippen molar-refractivity contribution in [2.24, 2.45) is 13.0 Å². The summed E-state index contributed by atoms with van der Waals surface area (Å²) in [6.45, 7) is 4.65. The van der Waals surface area contributed by atoms with E-state index in [1.807, 2.05) is 13.8 Å². The van der Waals surface area contributed by atoms with E-state index in [1.54, 1.807) is 16.6 Å². The number of carbonyl (C=O) groups excluding carboxylic acids is 1. The fourth-order valence-electron chi connectivity index (χ4n) is 3.81. The van der Waals surface area contributed by atoms with E-state index in [9.17, 15) is 14.4 Å². The molecule has 1 unspecified atom stereocenters. The minimum atomic E-state index is -0.841. The van der Waals surface area contributed by atoms with Gasteiger partial charge in [-0.3, -0.25) is 24.2 Å². The second kappa shape index (κ2) is 6.93. The maximum absolute atomic E-state index is 12.5. The molecule has 1 aliphatic rings. The molecule has 0 bridgehead atoms. The molecule has 8 nitrogen and oxygen atoms in total. The number of nitrogens with one attached hydrogen (secondary N) is 1. The van der Waals surface area contributed by atoms with Gasteiger partial charge in [-0.05, 0) is 44.2 Å². The van der Waals surface area contributed by atoms with Gasteiger partial charge in [0.05, 0.1) is 11.3 Å². The molecule has 8 heteroatoms. The van der Waals surface area contributed by atoms with Crippen molar-refractivity contribution in [3.63, 3.8) is 0 Å². The maximum Gasteiger partial charge on any atom is 0.308 e. The predicted molar refractivity (Wildman–Crippen MR) is 96.1 cm³/mol. The Morgan fingerprint density at radius 2 is 2.08 bits per heavy atom. The van der Waals surface area contributed by atoms with E-state index in [0.29, 0.717) is 36.8 Å². The van der Waals surface area contributed by atoms with E-state index < -0.39 is 11.9 Å². The van der Waals surface area contributed by atoms with E-state index in [4.69, 9.17) is 5.11 Å². The van der Waals surface area contributed by atoms with Crippen LogP contribution in [0.15, 0.2) is 4.79 Å². The van der Waals surface area contributed by atoms with Crippen LogP contribution in [-0.4, -0.2) is 49.7 Å². The van der Waals surface area contributed by atoms with E-state index in [-0.39, 0.29) is 24.4 Å². The minimum absolute atomic E-state index is 0.0446. The number of amides is 1. The molecule has 26 heavy (non-hydrogen) atoms. The molecule has 2 aromatic heterocycles. The second-order valence-corrected chi connectivity index (χ2v) is 7.02. The first-order valence-corrected chi connectivity index (χ1v) is 8.85. The van der Waals surface area contributed by atoms with Crippen LogP contribution in [0.4, 0.5) is 0 Å². The van der Waals surface area contributed by atoms with Crippen LogP contribution < -0.4 is 5.56 Å². The summed E-state index contributed by atoms with van der Waals surface area (Å²) >= 11 is 0. The van der Waals surface area contributed by atoms with Gasteiger partial charge in [0.15, 0.2) is 5.65 Å². The molecule has 140 valence electrons. The zero-order valence-corrected chi connectivity index (χ0v) is 15.3. The first kappa shape index (κ1) is 18.2. The van der Waals surface area contributed by atoms with Gasteiger partial charge in [-0.15, -0.1) is 0 Å². The Hall–Kier alpha value is -2.64. The fraction of sp³-hybridized carbons (Fsp3) is 0.556. The summed E-state index contributed by atoms with van der Waals surface area (Å²) in [6, 6.07) is 0. The Kier molecular flexibility index (Phi) is 4.84. The molecule has 1 saturated heterocycles. The molecular formula is C18H24N4O4. The number of carboxylic acid groups (broad SMARTS) is 1. The lowest BCUT2D eigenvalue weighted by Gasteiger charge is -2.30. The molecule has 3 heterocycles. The average Bonchev–Trinajstić information content (AvgIpc) is 2.88. The number of carboxylic acids is 1. The molecule has 3 rings (SSSR count). The number of hydrogen-bond donors (Lipinski definition) is 2. The predicted octanol–water partition coefficient (Wildman–Crippen LogP) is 1.13. The standard InChI is InChI=1S/C18H24N4O4/c1-10-13(11(2)19-16-15(10)17(24)20-21(16)3)6-7-14(23)22-8-4-5-12(9-22)18(25)26/h12H,4-9H2,1-3H3,(H,20,24)(H,25,26). The van der Waals surface area contributed by atoms with Crippen molar-refractivity contribution < 1.29 is 14.7 Å². The van der Waals surface area contributed by atoms with E-state index >= 15 is 0 Å². The monoisotopic (exact) mass is 360 g/mol. The third-order valence-electron chi connectivity index (χ3n) is 5.29. The van der Waals surface area contributed by atoms with Crippen molar-refractivity contribution in [1.29, 1.82) is 0 Å². The zero-order chi connectivity index (χ0) is 19.0. The lowest BCUT2D eigenvalue weighted by atomic mass is 9.97. The van der Waals surface area contributed by atoms with Crippen LogP contribution in [0.3, 0.4) is 0 Å². The highest BCUT2D eigenvalue weighted by Crippen LogP contribution is 2.22. The smallest absolute Gasteiger partial charge is 0.308 e. The van der Waals surface area contributed by atoms with Crippen molar-refractivity contribution in [2.45, 2.75) is 39.5 Å². The van der Waals surface area contributed by atoms with Crippen molar-refractivity contribution in [3.05, 3.63) is 27.2 Å². The third-order valence-corrected chi connectivity index (χ3v) is 5.29. The highest BCUT2D eigenvalue weighted by molar-refractivity contribution is 5.81. The van der Waals surface area contributed by atoms with Crippen LogP contribution in [0.25, 0.3) is 11.0 Å². The van der Waals surface area contributed by atoms with Gasteiger partial charge in [0, 0.05) is 32.3 Å². The lowest BCUT2D eigenvalue weighted by molar-refractivity contribution is -0.145. The quantitative estimate of drug-likeness (QED) is 0.850. The Labute approximate surface area is 150 Å². The van der Waals surface area contributed by atoms with Crippen molar-refractivity contribution in [3.8, 4) is 0 Å². The molecule has 2 N–H and O–H groups in total. The van der Waals surface area contributed by atoms with Gasteiger partial charge >= 0.3 is 5.97 Å². The highest BCUT2D eigenvalue weighted by atomic mass is 16.4. The van der Waals surface area contributed by atoms with Gasteiger partial charge in [0.2, 0.25) is 5.91 Å². The highest BCUT2D eigenvalue weighted by Gasteiger charge is 2.28. The normalized spacial score (nSPS) is 17.7. The van der Waals surface area contributed by atoms with Gasteiger partial charge in [-0.1, -0.05) is 0 Å². The molecule has 2 aromatic rings. The van der Waals surface area contributed by atoms with Crippen molar-refractivity contribution in [1.82, 2.24) is 19.7 Å². The number of piperidine rings is 1. The number of H-pyrrole nitrogens is 1. The lowest BCUT2D eigenvalue weighted by Crippen LogP contribution is -2.42. The molecule has 0 spiro atoms. The summed E-state index contributed by atoms with van der Waals surface area (Å²) in [6.07, 6.45) is 2.11. The first-order valence-electron chi connectivity index (χ1n) is 8.85. The molecule has 0 aliphatic carbocycles. The third kappa shape index (κ3) is 3.23. The summed E-state index contributed by atoms with van der Waals surface area (Å²) < 4.78 is 1.60. The van der Waals surface area contributed by atoms with Crippen LogP contribution in [0.1, 0.15) is 36.1 Å². The fourth-order valence-corrected chi connectivity index (χ4v) is 3.81. The average molecular weight is 360 g/mol. The van der Waals surface area contributed by atoms with Gasteiger partial charge in [-0.25, -0.2) is 4.98 Å². The van der Waals surface area contributed by atoms with Gasteiger partial charge in [0.25, 0.3) is 5.56 Å². The number of pyridine rings is 1. The molecule has 0 aromatic carbocycles. The summed E-state index contributed by atoms with van der Waals surface area (Å²) in [5.41, 5.74) is 3.00. The topological polar surface area (TPSA) is 108 Å². The summed E-state index contributed by atoms with van der Waals surface area (Å²) in [4.78, 5) is 42.0. The van der Waals surface area contributed by atoms with Gasteiger partial charge in [-0.2, -0.15) is 0 Å². The molecule has 0 saturated carbocycles. The van der Waals surface area contributed by atoms with Gasteiger partial charge < -0.3 is 10.0 Å². The van der Waals surface area contributed by atoms with E-state index in [2.05, 4.69) is 10.1 Å². The Morgan fingerprint density at radius 1 is 1.35 bits per heavy atom. The number of nitrogens with zero attached hydrogens (tertiary/aromatic N) is 3. The van der Waals surface area contributed by atoms with E-state index in [1.165, 1.54) is 0 Å². The number of hydrogen-bond acceptors (Lipinski definition) is 4. The second-order valence-electron chi connectivity index (χ2n) is 7.02. The number of aryl methyl sites for hydroxylation is 3. The Balaban J connectivity index is 1.77. The molecular weight excluding hydrogens is 336 g/mol. The van der Waals surface area contributed by atoms with E-state index in [0.717, 1.165) is 16.8 Å². The molecule has 1 fully saturated rings. The number of fused-ring (bicyclic) bond motifs is 1. The summed E-state index contributed by atoms with van der Waals surface area (Å²) in [5.74, 6) is -1.36. The largest absolute Gasteiger partial charge is 0.481 e. The van der Waals surface area contributed by atoms with Crippen LogP contribution in [0.5, 0.6) is 0 Å². The van der Waals surface area contributed by atoms with Crippen LogP contribution >= 0.6 is 0 Å². The minimum Gasteiger partial charge on any atom is -0.481 e. The summed E-state index contributed by atoms with van der Waals surface area (Å²) in [5, 5.41) is 12.4. The Bertz CT molecular complexity index is 927. The number of carbonyl (C=O) groups is 2. The first-order chi connectivity index (χ1) is 12.3. The number of likely N-dealkylation sites (tertiary alicyclic amines) is 1. The number of rotatable bonds is 4. The SMILES string of the molecule is Cc1nc2c(c(C)c1CCC(=O)N1CCCC(C(=O)O)C1)c(=O)[nH]n2C. The molecule has 1 amide bonds. The van der Waals surface area contributed by atoms with Crippen molar-refractivity contribution in [2.75, 3.05) is 13.1 Å². The zero-order valence-electron chi connectivity index (χ0n) is 15.3. The summed E-state index contributed by atoms with van der Waals surface area (Å²) in [7, 11) is 1.74. The van der Waals surface area contributed by atoms with Crippen LogP contribution in [0, 0.1) is 19.8 Å². The Morgan fingerprint density at radius 3 is 2.77 bits per heavy atom. The van der Waals surface area contributed by atoms with Gasteiger partial charge in [0.1, 0.15) is 0 Å². The maximum atomic E-state index is 12.5. The molecule has 1 atom stereocenters. The van der Waals surface area contributed by atoms with Crippen LogP contribution in [0.2, 0.25) is 0 Å². The van der Waals surface area contributed by atoms with Crippen LogP contribution in [-0.2, 0) is 23.1 Å². The molecule has 0 radical (unpaired) electrons. The number of aromatic nitrogens is 3.